The molecule has 2 aromatic rings. The van der Waals surface area contributed by atoms with Gasteiger partial charge in [-0.1, -0.05) is 31.2 Å². The highest BCUT2D eigenvalue weighted by Gasteiger charge is 2.35. The van der Waals surface area contributed by atoms with Crippen LogP contribution in [0.1, 0.15) is 63.8 Å². The molecule has 0 saturated carbocycles. The molecule has 30 heavy (non-hydrogen) atoms. The van der Waals surface area contributed by atoms with E-state index in [1.807, 2.05) is 13.8 Å². The van der Waals surface area contributed by atoms with E-state index in [9.17, 15) is 19.2 Å². The van der Waals surface area contributed by atoms with Gasteiger partial charge in [-0.3, -0.25) is 24.1 Å². The summed E-state index contributed by atoms with van der Waals surface area (Å²) in [6, 6.07) is 12.7. The van der Waals surface area contributed by atoms with Crippen molar-refractivity contribution >= 4 is 23.6 Å². The number of nitrogens with zero attached hydrogens (tertiary/aromatic N) is 1. The maximum absolute atomic E-state index is 12.6. The molecule has 0 radical (unpaired) electrons. The number of hydrogen-bond donors (Lipinski definition) is 2. The van der Waals surface area contributed by atoms with E-state index < -0.39 is 11.9 Å². The van der Waals surface area contributed by atoms with E-state index in [4.69, 9.17) is 0 Å². The van der Waals surface area contributed by atoms with Crippen molar-refractivity contribution in [3.63, 3.8) is 0 Å². The molecule has 0 fully saturated rings. The Morgan fingerprint density at radius 1 is 0.933 bits per heavy atom. The van der Waals surface area contributed by atoms with Crippen LogP contribution in [-0.2, 0) is 11.3 Å². The van der Waals surface area contributed by atoms with Gasteiger partial charge in [0, 0.05) is 11.6 Å². The summed E-state index contributed by atoms with van der Waals surface area (Å²) in [6.45, 7) is 5.55. The summed E-state index contributed by atoms with van der Waals surface area (Å²) in [5, 5.41) is 5.51. The molecule has 2 N–H and O–H groups in total. The van der Waals surface area contributed by atoms with Crippen LogP contribution in [0, 0.1) is 0 Å². The second-order valence-electron chi connectivity index (χ2n) is 7.46. The predicted molar refractivity (Wildman–Crippen MR) is 112 cm³/mol. The summed E-state index contributed by atoms with van der Waals surface area (Å²) >= 11 is 0. The van der Waals surface area contributed by atoms with Gasteiger partial charge in [0.05, 0.1) is 17.7 Å². The van der Waals surface area contributed by atoms with Gasteiger partial charge >= 0.3 is 0 Å². The normalized spacial score (nSPS) is 14.8. The van der Waals surface area contributed by atoms with Gasteiger partial charge in [0.15, 0.2) is 0 Å². The number of fused-ring (bicyclic) bond motifs is 1. The lowest BCUT2D eigenvalue weighted by molar-refractivity contribution is -0.123. The number of amides is 4. The lowest BCUT2D eigenvalue weighted by atomic mass is 10.1. The highest BCUT2D eigenvalue weighted by molar-refractivity contribution is 6.21. The molecule has 0 bridgehead atoms. The maximum Gasteiger partial charge on any atom is 0.261 e. The average molecular weight is 407 g/mol. The zero-order valence-corrected chi connectivity index (χ0v) is 17.3. The van der Waals surface area contributed by atoms with Gasteiger partial charge in [0.2, 0.25) is 5.91 Å². The van der Waals surface area contributed by atoms with Crippen molar-refractivity contribution < 1.29 is 19.2 Å². The quantitative estimate of drug-likeness (QED) is 0.690. The minimum atomic E-state index is -0.689. The number of benzene rings is 2. The molecule has 2 atom stereocenters. The molecule has 3 rings (SSSR count). The van der Waals surface area contributed by atoms with Crippen LogP contribution in [0.2, 0.25) is 0 Å². The molecule has 0 spiro atoms. The summed E-state index contributed by atoms with van der Waals surface area (Å²) in [7, 11) is 0. The first-order chi connectivity index (χ1) is 14.3. The molecule has 7 heteroatoms. The molecule has 7 nitrogen and oxygen atoms in total. The van der Waals surface area contributed by atoms with Gasteiger partial charge < -0.3 is 10.6 Å². The molecular weight excluding hydrogens is 382 g/mol. The largest absolute Gasteiger partial charge is 0.352 e. The molecule has 0 saturated heterocycles. The Bertz CT molecular complexity index is 966. The number of rotatable bonds is 7. The lowest BCUT2D eigenvalue weighted by Crippen LogP contribution is -2.47. The van der Waals surface area contributed by atoms with Crippen LogP contribution in [0.4, 0.5) is 0 Å². The minimum absolute atomic E-state index is 0.0276. The van der Waals surface area contributed by atoms with Gasteiger partial charge in [-0.05, 0) is 50.1 Å². The minimum Gasteiger partial charge on any atom is -0.352 e. The molecule has 1 aliphatic heterocycles. The predicted octanol–water partition coefficient (Wildman–Crippen LogP) is 2.52. The van der Waals surface area contributed by atoms with Crippen LogP contribution in [-0.4, -0.2) is 40.6 Å². The van der Waals surface area contributed by atoms with Gasteiger partial charge in [0.25, 0.3) is 17.7 Å². The van der Waals surface area contributed by atoms with Crippen LogP contribution in [0.25, 0.3) is 0 Å². The van der Waals surface area contributed by atoms with Crippen molar-refractivity contribution in [3.8, 4) is 0 Å². The Balaban J connectivity index is 1.68. The molecular formula is C23H25N3O4. The summed E-state index contributed by atoms with van der Waals surface area (Å²) in [6.07, 6.45) is 0.798. The van der Waals surface area contributed by atoms with E-state index in [2.05, 4.69) is 10.6 Å². The SMILES string of the molecule is CCC(C)NC(=O)C(C)NC(=O)c1cccc(CN2C(=O)c3ccccc3C2=O)c1. The maximum atomic E-state index is 12.6. The Morgan fingerprint density at radius 3 is 2.17 bits per heavy atom. The zero-order valence-electron chi connectivity index (χ0n) is 17.3. The standard InChI is InChI=1S/C23H25N3O4/c1-4-14(2)24-20(27)15(3)25-21(28)17-9-7-8-16(12-17)13-26-22(29)18-10-5-6-11-19(18)23(26)30/h5-12,14-15H,4,13H2,1-3H3,(H,24,27)(H,25,28). The lowest BCUT2D eigenvalue weighted by Gasteiger charge is -2.18. The molecule has 156 valence electrons. The molecule has 2 aromatic carbocycles. The number of nitrogens with one attached hydrogen (secondary N) is 2. The summed E-state index contributed by atoms with van der Waals surface area (Å²) < 4.78 is 0. The number of carbonyl (C=O) groups is 4. The smallest absolute Gasteiger partial charge is 0.261 e. The molecule has 1 aliphatic rings. The van der Waals surface area contributed by atoms with Crippen molar-refractivity contribution in [3.05, 3.63) is 70.8 Å². The Kier molecular flexibility index (Phi) is 6.30. The number of carbonyl (C=O) groups excluding carboxylic acids is 4. The van der Waals surface area contributed by atoms with E-state index in [1.54, 1.807) is 55.5 Å². The monoisotopic (exact) mass is 407 g/mol. The molecule has 2 unspecified atom stereocenters. The van der Waals surface area contributed by atoms with E-state index in [1.165, 1.54) is 4.90 Å². The highest BCUT2D eigenvalue weighted by atomic mass is 16.2. The van der Waals surface area contributed by atoms with E-state index >= 15 is 0 Å². The topological polar surface area (TPSA) is 95.6 Å². The number of imide groups is 1. The van der Waals surface area contributed by atoms with Crippen molar-refractivity contribution in [2.45, 2.75) is 45.8 Å². The fourth-order valence-electron chi connectivity index (χ4n) is 3.19. The first-order valence-electron chi connectivity index (χ1n) is 9.97. The Hall–Kier alpha value is -3.48. The summed E-state index contributed by atoms with van der Waals surface area (Å²) in [5.41, 5.74) is 1.77. The molecule has 0 aromatic heterocycles. The van der Waals surface area contributed by atoms with Crippen LogP contribution in [0.5, 0.6) is 0 Å². The fourth-order valence-corrected chi connectivity index (χ4v) is 3.19. The van der Waals surface area contributed by atoms with E-state index in [0.29, 0.717) is 22.3 Å². The van der Waals surface area contributed by atoms with E-state index in [-0.39, 0.29) is 30.3 Å². The third kappa shape index (κ3) is 4.40. The van der Waals surface area contributed by atoms with Gasteiger partial charge in [-0.15, -0.1) is 0 Å². The van der Waals surface area contributed by atoms with Gasteiger partial charge in [-0.25, -0.2) is 0 Å². The second-order valence-corrected chi connectivity index (χ2v) is 7.46. The van der Waals surface area contributed by atoms with Gasteiger partial charge in [-0.2, -0.15) is 0 Å². The van der Waals surface area contributed by atoms with Crippen molar-refractivity contribution in [1.29, 1.82) is 0 Å². The third-order valence-corrected chi connectivity index (χ3v) is 5.15. The van der Waals surface area contributed by atoms with E-state index in [0.717, 1.165) is 6.42 Å². The highest BCUT2D eigenvalue weighted by Crippen LogP contribution is 2.24. The van der Waals surface area contributed by atoms with Crippen LogP contribution in [0.3, 0.4) is 0 Å². The van der Waals surface area contributed by atoms with Crippen LogP contribution in [0.15, 0.2) is 48.5 Å². The van der Waals surface area contributed by atoms with Gasteiger partial charge in [0.1, 0.15) is 6.04 Å². The third-order valence-electron chi connectivity index (χ3n) is 5.15. The Morgan fingerprint density at radius 2 is 1.57 bits per heavy atom. The second kappa shape index (κ2) is 8.90. The first-order valence-corrected chi connectivity index (χ1v) is 9.97. The van der Waals surface area contributed by atoms with Crippen molar-refractivity contribution in [2.24, 2.45) is 0 Å². The van der Waals surface area contributed by atoms with Crippen LogP contribution >= 0.6 is 0 Å². The van der Waals surface area contributed by atoms with Crippen LogP contribution < -0.4 is 10.6 Å². The molecule has 0 aliphatic carbocycles. The average Bonchev–Trinajstić information content (AvgIpc) is 2.98. The first kappa shape index (κ1) is 21.2. The molecule has 4 amide bonds. The number of hydrogen-bond acceptors (Lipinski definition) is 4. The van der Waals surface area contributed by atoms with Crippen molar-refractivity contribution in [2.75, 3.05) is 0 Å². The molecule has 1 heterocycles. The Labute approximate surface area is 175 Å². The zero-order chi connectivity index (χ0) is 21.8. The summed E-state index contributed by atoms with van der Waals surface area (Å²) in [5.74, 6) is -1.34. The fraction of sp³-hybridized carbons (Fsp3) is 0.304. The summed E-state index contributed by atoms with van der Waals surface area (Å²) in [4.78, 5) is 51.0. The van der Waals surface area contributed by atoms with Crippen molar-refractivity contribution in [1.82, 2.24) is 15.5 Å².